The summed E-state index contributed by atoms with van der Waals surface area (Å²) in [6.07, 6.45) is 0. The van der Waals surface area contributed by atoms with Gasteiger partial charge in [0.15, 0.2) is 0 Å². The standard InChI is InChI=1S/C15H16N2S/c1-9-13(15(2,3)4)17-14-12(16-9)10-7-5-6-8-11(10)18-14/h5-8H,1-4H3. The van der Waals surface area contributed by atoms with Gasteiger partial charge in [-0.15, -0.1) is 11.3 Å². The summed E-state index contributed by atoms with van der Waals surface area (Å²) in [5.41, 5.74) is 3.22. The molecule has 92 valence electrons. The van der Waals surface area contributed by atoms with E-state index in [-0.39, 0.29) is 5.41 Å². The lowest BCUT2D eigenvalue weighted by Gasteiger charge is -2.19. The third-order valence-corrected chi connectivity index (χ3v) is 4.15. The fourth-order valence-corrected chi connectivity index (χ4v) is 3.34. The first kappa shape index (κ1) is 11.6. The third kappa shape index (κ3) is 1.70. The molecule has 0 radical (unpaired) electrons. The molecule has 0 spiro atoms. The highest BCUT2D eigenvalue weighted by atomic mass is 32.1. The summed E-state index contributed by atoms with van der Waals surface area (Å²) >= 11 is 1.73. The summed E-state index contributed by atoms with van der Waals surface area (Å²) in [6, 6.07) is 8.38. The number of aryl methyl sites for hydroxylation is 1. The van der Waals surface area contributed by atoms with E-state index in [1.807, 2.05) is 0 Å². The molecule has 0 bridgehead atoms. The zero-order valence-electron chi connectivity index (χ0n) is 11.1. The number of benzene rings is 1. The van der Waals surface area contributed by atoms with Crippen molar-refractivity contribution in [2.45, 2.75) is 33.1 Å². The Hall–Kier alpha value is -1.48. The van der Waals surface area contributed by atoms with Gasteiger partial charge in [0.1, 0.15) is 10.3 Å². The molecular formula is C15H16N2S. The smallest absolute Gasteiger partial charge is 0.143 e. The maximum atomic E-state index is 4.84. The first-order chi connectivity index (χ1) is 8.47. The van der Waals surface area contributed by atoms with E-state index in [4.69, 9.17) is 9.97 Å². The average molecular weight is 256 g/mol. The Balaban J connectivity index is 2.40. The van der Waals surface area contributed by atoms with E-state index in [0.29, 0.717) is 0 Å². The minimum atomic E-state index is 0.0431. The van der Waals surface area contributed by atoms with Crippen LogP contribution >= 0.6 is 11.3 Å². The molecule has 0 amide bonds. The topological polar surface area (TPSA) is 25.8 Å². The Labute approximate surface area is 111 Å². The number of hydrogen-bond donors (Lipinski definition) is 0. The van der Waals surface area contributed by atoms with Crippen molar-refractivity contribution in [2.75, 3.05) is 0 Å². The van der Waals surface area contributed by atoms with E-state index >= 15 is 0 Å². The summed E-state index contributed by atoms with van der Waals surface area (Å²) < 4.78 is 1.26. The Morgan fingerprint density at radius 3 is 2.50 bits per heavy atom. The number of nitrogens with zero attached hydrogens (tertiary/aromatic N) is 2. The van der Waals surface area contributed by atoms with Crippen LogP contribution in [0.5, 0.6) is 0 Å². The van der Waals surface area contributed by atoms with Gasteiger partial charge in [-0.3, -0.25) is 0 Å². The van der Waals surface area contributed by atoms with E-state index in [2.05, 4.69) is 52.0 Å². The predicted molar refractivity (Wildman–Crippen MR) is 78.4 cm³/mol. The molecule has 2 nitrogen and oxygen atoms in total. The Morgan fingerprint density at radius 1 is 1.06 bits per heavy atom. The van der Waals surface area contributed by atoms with Gasteiger partial charge >= 0.3 is 0 Å². The van der Waals surface area contributed by atoms with Crippen LogP contribution < -0.4 is 0 Å². The van der Waals surface area contributed by atoms with Gasteiger partial charge in [0, 0.05) is 15.5 Å². The van der Waals surface area contributed by atoms with Crippen LogP contribution in [0.3, 0.4) is 0 Å². The lowest BCUT2D eigenvalue weighted by molar-refractivity contribution is 0.563. The summed E-state index contributed by atoms with van der Waals surface area (Å²) in [4.78, 5) is 10.7. The molecule has 0 aliphatic rings. The van der Waals surface area contributed by atoms with Crippen molar-refractivity contribution in [1.82, 2.24) is 9.97 Å². The van der Waals surface area contributed by atoms with Crippen molar-refractivity contribution in [3.63, 3.8) is 0 Å². The van der Waals surface area contributed by atoms with Gasteiger partial charge in [0.25, 0.3) is 0 Å². The molecule has 0 saturated heterocycles. The van der Waals surface area contributed by atoms with Crippen LogP contribution in [0.1, 0.15) is 32.2 Å². The molecule has 2 heterocycles. The Morgan fingerprint density at radius 2 is 1.78 bits per heavy atom. The van der Waals surface area contributed by atoms with Crippen molar-refractivity contribution < 1.29 is 0 Å². The van der Waals surface area contributed by atoms with Crippen molar-refractivity contribution >= 4 is 31.8 Å². The first-order valence-corrected chi connectivity index (χ1v) is 6.95. The molecule has 0 saturated carbocycles. The van der Waals surface area contributed by atoms with Crippen molar-refractivity contribution in [3.8, 4) is 0 Å². The van der Waals surface area contributed by atoms with Gasteiger partial charge in [-0.25, -0.2) is 9.97 Å². The van der Waals surface area contributed by atoms with Crippen molar-refractivity contribution in [1.29, 1.82) is 0 Å². The molecule has 0 atom stereocenters. The predicted octanol–water partition coefficient (Wildman–Crippen LogP) is 4.45. The lowest BCUT2D eigenvalue weighted by atomic mass is 9.90. The van der Waals surface area contributed by atoms with Crippen LogP contribution in [0.15, 0.2) is 24.3 Å². The fourth-order valence-electron chi connectivity index (χ4n) is 2.32. The Bertz CT molecular complexity index is 735. The quantitative estimate of drug-likeness (QED) is 0.594. The van der Waals surface area contributed by atoms with Crippen LogP contribution in [-0.4, -0.2) is 9.97 Å². The summed E-state index contributed by atoms with van der Waals surface area (Å²) in [6.45, 7) is 8.61. The second kappa shape index (κ2) is 3.75. The van der Waals surface area contributed by atoms with E-state index in [9.17, 15) is 0 Å². The highest BCUT2D eigenvalue weighted by Gasteiger charge is 2.21. The largest absolute Gasteiger partial charge is 0.248 e. The number of aromatic nitrogens is 2. The third-order valence-electron chi connectivity index (χ3n) is 3.10. The van der Waals surface area contributed by atoms with Crippen LogP contribution in [0.2, 0.25) is 0 Å². The fraction of sp³-hybridized carbons (Fsp3) is 0.333. The normalized spacial score (nSPS) is 12.4. The highest BCUT2D eigenvalue weighted by Crippen LogP contribution is 2.33. The molecule has 2 aromatic heterocycles. The van der Waals surface area contributed by atoms with Crippen molar-refractivity contribution in [2.24, 2.45) is 0 Å². The highest BCUT2D eigenvalue weighted by molar-refractivity contribution is 7.25. The van der Waals surface area contributed by atoms with Crippen LogP contribution in [-0.2, 0) is 5.41 Å². The molecule has 0 N–H and O–H groups in total. The molecule has 0 fully saturated rings. The maximum absolute atomic E-state index is 4.84. The lowest BCUT2D eigenvalue weighted by Crippen LogP contribution is -2.16. The molecule has 0 unspecified atom stereocenters. The minimum absolute atomic E-state index is 0.0431. The number of thiophene rings is 1. The van der Waals surface area contributed by atoms with E-state index < -0.39 is 0 Å². The number of hydrogen-bond acceptors (Lipinski definition) is 3. The van der Waals surface area contributed by atoms with Gasteiger partial charge in [0.2, 0.25) is 0 Å². The second-order valence-electron chi connectivity index (χ2n) is 5.66. The summed E-state index contributed by atoms with van der Waals surface area (Å²) in [5, 5.41) is 1.22. The van der Waals surface area contributed by atoms with Gasteiger partial charge in [-0.1, -0.05) is 39.0 Å². The molecule has 1 aromatic carbocycles. The average Bonchev–Trinajstić information content (AvgIpc) is 2.65. The van der Waals surface area contributed by atoms with Crippen LogP contribution in [0.4, 0.5) is 0 Å². The van der Waals surface area contributed by atoms with Gasteiger partial charge in [-0.2, -0.15) is 0 Å². The number of rotatable bonds is 0. The Kier molecular flexibility index (Phi) is 2.42. The summed E-state index contributed by atoms with van der Waals surface area (Å²) in [5.74, 6) is 0. The monoisotopic (exact) mass is 256 g/mol. The minimum Gasteiger partial charge on any atom is -0.248 e. The van der Waals surface area contributed by atoms with Crippen LogP contribution in [0.25, 0.3) is 20.4 Å². The first-order valence-electron chi connectivity index (χ1n) is 6.13. The number of fused-ring (bicyclic) bond motifs is 3. The van der Waals surface area contributed by atoms with Gasteiger partial charge in [0.05, 0.1) is 11.4 Å². The van der Waals surface area contributed by atoms with Gasteiger partial charge < -0.3 is 0 Å². The molecule has 0 aliphatic heterocycles. The second-order valence-corrected chi connectivity index (χ2v) is 6.69. The molecule has 18 heavy (non-hydrogen) atoms. The zero-order valence-corrected chi connectivity index (χ0v) is 11.9. The SMILES string of the molecule is Cc1nc2c(nc1C(C)(C)C)sc1ccccc12. The van der Waals surface area contributed by atoms with E-state index in [0.717, 1.165) is 21.7 Å². The molecule has 3 heteroatoms. The molecule has 0 aliphatic carbocycles. The van der Waals surface area contributed by atoms with Crippen LogP contribution in [0, 0.1) is 6.92 Å². The van der Waals surface area contributed by atoms with Gasteiger partial charge in [-0.05, 0) is 13.0 Å². The van der Waals surface area contributed by atoms with E-state index in [1.54, 1.807) is 11.3 Å². The summed E-state index contributed by atoms with van der Waals surface area (Å²) in [7, 11) is 0. The molecule has 3 rings (SSSR count). The molecular weight excluding hydrogens is 240 g/mol. The maximum Gasteiger partial charge on any atom is 0.143 e. The zero-order chi connectivity index (χ0) is 12.9. The molecule has 3 aromatic rings. The van der Waals surface area contributed by atoms with E-state index in [1.165, 1.54) is 10.1 Å². The van der Waals surface area contributed by atoms with Crippen molar-refractivity contribution in [3.05, 3.63) is 35.7 Å².